The molecule has 0 unspecified atom stereocenters. The van der Waals surface area contributed by atoms with Crippen LogP contribution in [0.5, 0.6) is 0 Å². The molecule has 0 amide bonds. The van der Waals surface area contributed by atoms with E-state index in [0.29, 0.717) is 5.65 Å². The Morgan fingerprint density at radius 2 is 2.62 bits per heavy atom. The molecule has 4 nitrogen and oxygen atoms in total. The van der Waals surface area contributed by atoms with Crippen molar-refractivity contribution in [1.29, 1.82) is 0 Å². The minimum Gasteiger partial charge on any atom is -0.360 e. The first-order chi connectivity index (χ1) is 3.97. The molecule has 2 aromatic heterocycles. The van der Waals surface area contributed by atoms with Gasteiger partial charge in [0.1, 0.15) is 11.8 Å². The highest BCUT2D eigenvalue weighted by atomic mass is 16.5. The predicted octanol–water partition coefficient (Wildman–Crippen LogP) is 0.551. The Hall–Kier alpha value is -1.32. The van der Waals surface area contributed by atoms with E-state index in [2.05, 4.69) is 19.6 Å². The lowest BCUT2D eigenvalue weighted by molar-refractivity contribution is 0.426. The van der Waals surface area contributed by atoms with Gasteiger partial charge in [-0.2, -0.15) is 0 Å². The molecule has 0 aliphatic carbocycles. The SMILES string of the molecule is c1nc2nocc2[nH]1. The zero-order valence-electron chi connectivity index (χ0n) is 3.96. The van der Waals surface area contributed by atoms with E-state index in [-0.39, 0.29) is 0 Å². The molecule has 0 aliphatic rings. The fourth-order valence-corrected chi connectivity index (χ4v) is 0.586. The topological polar surface area (TPSA) is 54.7 Å². The van der Waals surface area contributed by atoms with Gasteiger partial charge in [0.25, 0.3) is 0 Å². The first kappa shape index (κ1) is 3.65. The summed E-state index contributed by atoms with van der Waals surface area (Å²) in [7, 11) is 0. The van der Waals surface area contributed by atoms with E-state index in [1.165, 1.54) is 6.26 Å². The van der Waals surface area contributed by atoms with E-state index >= 15 is 0 Å². The Morgan fingerprint density at radius 1 is 1.62 bits per heavy atom. The van der Waals surface area contributed by atoms with Gasteiger partial charge >= 0.3 is 0 Å². The van der Waals surface area contributed by atoms with Gasteiger partial charge in [0.2, 0.25) is 5.65 Å². The van der Waals surface area contributed by atoms with Crippen molar-refractivity contribution in [2.75, 3.05) is 0 Å². The molecule has 0 saturated heterocycles. The van der Waals surface area contributed by atoms with Crippen molar-refractivity contribution < 1.29 is 4.52 Å². The zero-order valence-corrected chi connectivity index (χ0v) is 3.96. The summed E-state index contributed by atoms with van der Waals surface area (Å²) in [6.07, 6.45) is 3.09. The third kappa shape index (κ3) is 0.294. The molecule has 1 N–H and O–H groups in total. The van der Waals surface area contributed by atoms with Gasteiger partial charge in [-0.05, 0) is 0 Å². The molecule has 0 radical (unpaired) electrons. The number of rotatable bonds is 0. The summed E-state index contributed by atoms with van der Waals surface area (Å²) >= 11 is 0. The maximum absolute atomic E-state index is 4.56. The fourth-order valence-electron chi connectivity index (χ4n) is 0.586. The number of nitrogens with one attached hydrogen (secondary N) is 1. The van der Waals surface area contributed by atoms with E-state index in [1.54, 1.807) is 6.33 Å². The standard InChI is InChI=1S/C4H3N3O/c1-3-4(7-8-1)6-2-5-3/h1-2H,(H,5,6,7). The van der Waals surface area contributed by atoms with Gasteiger partial charge in [-0.25, -0.2) is 4.98 Å². The van der Waals surface area contributed by atoms with E-state index in [4.69, 9.17) is 0 Å². The maximum Gasteiger partial charge on any atom is 0.220 e. The number of H-pyrrole nitrogens is 1. The van der Waals surface area contributed by atoms with Gasteiger partial charge in [0, 0.05) is 0 Å². The molecule has 0 aliphatic heterocycles. The second-order valence-electron chi connectivity index (χ2n) is 1.45. The van der Waals surface area contributed by atoms with E-state index in [0.717, 1.165) is 5.52 Å². The van der Waals surface area contributed by atoms with Gasteiger partial charge in [-0.1, -0.05) is 5.16 Å². The molecule has 0 fully saturated rings. The van der Waals surface area contributed by atoms with Gasteiger partial charge < -0.3 is 9.51 Å². The number of hydrogen-bond donors (Lipinski definition) is 1. The smallest absolute Gasteiger partial charge is 0.220 e. The predicted molar refractivity (Wildman–Crippen MR) is 26.2 cm³/mol. The summed E-state index contributed by atoms with van der Waals surface area (Å²) in [5.41, 5.74) is 1.47. The number of hydrogen-bond acceptors (Lipinski definition) is 3. The monoisotopic (exact) mass is 109 g/mol. The van der Waals surface area contributed by atoms with Crippen molar-refractivity contribution in [3.8, 4) is 0 Å². The number of aromatic nitrogens is 3. The van der Waals surface area contributed by atoms with Gasteiger partial charge in [-0.3, -0.25) is 0 Å². The first-order valence-electron chi connectivity index (χ1n) is 2.20. The average Bonchev–Trinajstić information content (AvgIpc) is 2.15. The van der Waals surface area contributed by atoms with E-state index in [9.17, 15) is 0 Å². The summed E-state index contributed by atoms with van der Waals surface area (Å²) < 4.78 is 4.56. The molecule has 0 spiro atoms. The average molecular weight is 109 g/mol. The van der Waals surface area contributed by atoms with Crippen LogP contribution in [0.2, 0.25) is 0 Å². The first-order valence-corrected chi connectivity index (χ1v) is 2.20. The molecule has 0 atom stereocenters. The second kappa shape index (κ2) is 1.09. The highest BCUT2D eigenvalue weighted by molar-refractivity contribution is 5.67. The van der Waals surface area contributed by atoms with Crippen LogP contribution in [-0.2, 0) is 0 Å². The van der Waals surface area contributed by atoms with Crippen molar-refractivity contribution in [2.45, 2.75) is 0 Å². The third-order valence-corrected chi connectivity index (χ3v) is 0.958. The van der Waals surface area contributed by atoms with Crippen LogP contribution in [0.3, 0.4) is 0 Å². The van der Waals surface area contributed by atoms with Crippen LogP contribution >= 0.6 is 0 Å². The quantitative estimate of drug-likeness (QED) is 0.537. The number of fused-ring (bicyclic) bond motifs is 1. The molecular weight excluding hydrogens is 106 g/mol. The summed E-state index contributed by atoms with van der Waals surface area (Å²) in [4.78, 5) is 6.65. The normalized spacial score (nSPS) is 10.5. The van der Waals surface area contributed by atoms with Gasteiger partial charge in [0.05, 0.1) is 6.33 Å². The lowest BCUT2D eigenvalue weighted by atomic mass is 10.6. The third-order valence-electron chi connectivity index (χ3n) is 0.958. The summed E-state index contributed by atoms with van der Waals surface area (Å²) in [5, 5.41) is 3.56. The fraction of sp³-hybridized carbons (Fsp3) is 0. The van der Waals surface area contributed by atoms with Crippen LogP contribution in [0.1, 0.15) is 0 Å². The Morgan fingerprint density at radius 3 is 3.50 bits per heavy atom. The molecule has 2 rings (SSSR count). The molecule has 0 saturated carbocycles. The van der Waals surface area contributed by atoms with Crippen LogP contribution in [-0.4, -0.2) is 15.1 Å². The summed E-state index contributed by atoms with van der Waals surface area (Å²) in [6.45, 7) is 0. The second-order valence-corrected chi connectivity index (χ2v) is 1.45. The number of aromatic amines is 1. The Kier molecular flexibility index (Phi) is 0.498. The van der Waals surface area contributed by atoms with E-state index in [1.807, 2.05) is 0 Å². The molecule has 2 heterocycles. The zero-order chi connectivity index (χ0) is 5.40. The molecule has 2 aromatic rings. The van der Waals surface area contributed by atoms with Crippen LogP contribution in [0.15, 0.2) is 17.1 Å². The van der Waals surface area contributed by atoms with Crippen molar-refractivity contribution in [1.82, 2.24) is 15.1 Å². The molecule has 0 aromatic carbocycles. The van der Waals surface area contributed by atoms with Crippen molar-refractivity contribution in [3.63, 3.8) is 0 Å². The van der Waals surface area contributed by atoms with Crippen LogP contribution in [0, 0.1) is 0 Å². The lowest BCUT2D eigenvalue weighted by Gasteiger charge is -1.59. The largest absolute Gasteiger partial charge is 0.360 e. The number of imidazole rings is 1. The summed E-state index contributed by atoms with van der Waals surface area (Å²) in [5.74, 6) is 0. The molecule has 40 valence electrons. The molecular formula is C4H3N3O. The van der Waals surface area contributed by atoms with Crippen LogP contribution < -0.4 is 0 Å². The van der Waals surface area contributed by atoms with Crippen molar-refractivity contribution in [3.05, 3.63) is 12.6 Å². The number of nitrogens with zero attached hydrogens (tertiary/aromatic N) is 2. The molecule has 0 bridgehead atoms. The molecule has 8 heavy (non-hydrogen) atoms. The van der Waals surface area contributed by atoms with Crippen LogP contribution in [0.4, 0.5) is 0 Å². The van der Waals surface area contributed by atoms with Crippen LogP contribution in [0.25, 0.3) is 11.2 Å². The molecule has 4 heteroatoms. The summed E-state index contributed by atoms with van der Waals surface area (Å²) in [6, 6.07) is 0. The Balaban J connectivity index is 3.06. The van der Waals surface area contributed by atoms with E-state index < -0.39 is 0 Å². The van der Waals surface area contributed by atoms with Crippen molar-refractivity contribution >= 4 is 11.2 Å². The Labute approximate surface area is 44.5 Å². The highest BCUT2D eigenvalue weighted by Gasteiger charge is 1.95. The van der Waals surface area contributed by atoms with Crippen molar-refractivity contribution in [2.24, 2.45) is 0 Å². The lowest BCUT2D eigenvalue weighted by Crippen LogP contribution is -1.58. The minimum atomic E-state index is 0.630. The van der Waals surface area contributed by atoms with Gasteiger partial charge in [-0.15, -0.1) is 0 Å². The Bertz CT molecular complexity index is 233. The maximum atomic E-state index is 4.56. The van der Waals surface area contributed by atoms with Gasteiger partial charge in [0.15, 0.2) is 0 Å². The highest BCUT2D eigenvalue weighted by Crippen LogP contribution is 2.02. The minimum absolute atomic E-state index is 0.630.